The topological polar surface area (TPSA) is 58.2 Å². The molecule has 2 N–H and O–H groups in total. The molecule has 1 aliphatic carbocycles. The monoisotopic (exact) mass is 474 g/mol. The number of benzene rings is 2. The van der Waals surface area contributed by atoms with Gasteiger partial charge in [0.2, 0.25) is 0 Å². The van der Waals surface area contributed by atoms with Crippen LogP contribution in [-0.4, -0.2) is 11.8 Å². The summed E-state index contributed by atoms with van der Waals surface area (Å²) in [5.41, 5.74) is 4.62. The molecule has 0 spiro atoms. The summed E-state index contributed by atoms with van der Waals surface area (Å²) >= 11 is 1.57. The summed E-state index contributed by atoms with van der Waals surface area (Å²) < 4.78 is 0. The van der Waals surface area contributed by atoms with Crippen molar-refractivity contribution in [2.75, 3.05) is 5.32 Å². The molecular weight excluding hydrogens is 440 g/mol. The van der Waals surface area contributed by atoms with Crippen LogP contribution in [0.25, 0.3) is 0 Å². The molecule has 5 heteroatoms. The molecule has 2 atom stereocenters. The van der Waals surface area contributed by atoms with E-state index in [1.54, 1.807) is 11.3 Å². The van der Waals surface area contributed by atoms with Crippen molar-refractivity contribution in [3.63, 3.8) is 0 Å². The fraction of sp³-hybridized carbons (Fsp3) is 0.379. The Hall–Kier alpha value is -2.92. The lowest BCUT2D eigenvalue weighted by Gasteiger charge is -2.34. The molecule has 178 valence electrons. The average molecular weight is 475 g/mol. The number of carbonyl (C=O) groups excluding carboxylic acids is 2. The standard InChI is InChI=1S/C29H34N2O2S/c1-18-10-9-13-21(16-18)26(32)31-28-25(27(33)30-19(2)20-11-7-6-8-12-20)23-15-14-22(29(3,4)5)17-24(23)34-28/h6-13,16,19,22H,14-15,17H2,1-5H3,(H,30,33)(H,31,32). The van der Waals surface area contributed by atoms with Crippen molar-refractivity contribution in [3.05, 3.63) is 87.3 Å². The summed E-state index contributed by atoms with van der Waals surface area (Å²) in [6.07, 6.45) is 2.85. The molecule has 0 radical (unpaired) electrons. The molecule has 34 heavy (non-hydrogen) atoms. The summed E-state index contributed by atoms with van der Waals surface area (Å²) in [5.74, 6) is 0.251. The Kier molecular flexibility index (Phi) is 6.94. The SMILES string of the molecule is Cc1cccc(C(=O)Nc2sc3c(c2C(=O)NC(C)c2ccccc2)CCC(C(C)(C)C)C3)c1. The Bertz CT molecular complexity index is 1190. The largest absolute Gasteiger partial charge is 0.345 e. The predicted molar refractivity (Wildman–Crippen MR) is 141 cm³/mol. The van der Waals surface area contributed by atoms with Crippen LogP contribution < -0.4 is 10.6 Å². The molecule has 0 saturated carbocycles. The van der Waals surface area contributed by atoms with E-state index in [0.29, 0.717) is 22.0 Å². The second-order valence-corrected chi connectivity index (χ2v) is 11.5. The zero-order chi connectivity index (χ0) is 24.5. The van der Waals surface area contributed by atoms with Gasteiger partial charge in [0.15, 0.2) is 0 Å². The zero-order valence-electron chi connectivity index (χ0n) is 20.7. The Balaban J connectivity index is 1.66. The van der Waals surface area contributed by atoms with Crippen LogP contribution in [0.3, 0.4) is 0 Å². The number of fused-ring (bicyclic) bond motifs is 1. The van der Waals surface area contributed by atoms with Crippen LogP contribution in [0, 0.1) is 18.3 Å². The maximum Gasteiger partial charge on any atom is 0.256 e. The lowest BCUT2D eigenvalue weighted by Crippen LogP contribution is -2.30. The number of aryl methyl sites for hydroxylation is 1. The van der Waals surface area contributed by atoms with Gasteiger partial charge < -0.3 is 10.6 Å². The number of rotatable bonds is 5. The molecule has 4 rings (SSSR count). The summed E-state index contributed by atoms with van der Waals surface area (Å²) in [5, 5.41) is 6.90. The number of thiophene rings is 1. The third-order valence-corrected chi connectivity index (χ3v) is 8.04. The van der Waals surface area contributed by atoms with Crippen LogP contribution in [0.1, 0.15) is 82.4 Å². The molecule has 2 unspecified atom stereocenters. The lowest BCUT2D eigenvalue weighted by molar-refractivity contribution is 0.0939. The summed E-state index contributed by atoms with van der Waals surface area (Å²) in [6.45, 7) is 10.8. The van der Waals surface area contributed by atoms with Gasteiger partial charge in [-0.3, -0.25) is 9.59 Å². The van der Waals surface area contributed by atoms with Gasteiger partial charge in [0.05, 0.1) is 11.6 Å². The van der Waals surface area contributed by atoms with Crippen molar-refractivity contribution in [1.82, 2.24) is 5.32 Å². The molecule has 1 aromatic heterocycles. The molecule has 4 nitrogen and oxygen atoms in total. The Morgan fingerprint density at radius 1 is 1.03 bits per heavy atom. The minimum Gasteiger partial charge on any atom is -0.345 e. The number of hydrogen-bond acceptors (Lipinski definition) is 3. The Morgan fingerprint density at radius 2 is 1.76 bits per heavy atom. The van der Waals surface area contributed by atoms with E-state index < -0.39 is 0 Å². The van der Waals surface area contributed by atoms with Gasteiger partial charge in [0.25, 0.3) is 11.8 Å². The molecule has 2 amide bonds. The van der Waals surface area contributed by atoms with Crippen molar-refractivity contribution >= 4 is 28.2 Å². The minimum absolute atomic E-state index is 0.123. The van der Waals surface area contributed by atoms with Gasteiger partial charge in [-0.05, 0) is 67.7 Å². The van der Waals surface area contributed by atoms with Gasteiger partial charge in [0.1, 0.15) is 5.00 Å². The van der Waals surface area contributed by atoms with Gasteiger partial charge in [-0.25, -0.2) is 0 Å². The molecule has 0 fully saturated rings. The van der Waals surface area contributed by atoms with E-state index in [9.17, 15) is 9.59 Å². The first-order valence-electron chi connectivity index (χ1n) is 12.0. The smallest absolute Gasteiger partial charge is 0.256 e. The Morgan fingerprint density at radius 3 is 2.44 bits per heavy atom. The van der Waals surface area contributed by atoms with Gasteiger partial charge in [-0.15, -0.1) is 11.3 Å². The minimum atomic E-state index is -0.181. The van der Waals surface area contributed by atoms with Crippen molar-refractivity contribution < 1.29 is 9.59 Å². The fourth-order valence-corrected chi connectivity index (χ4v) is 6.03. The molecule has 0 bridgehead atoms. The molecule has 0 saturated heterocycles. The maximum absolute atomic E-state index is 13.6. The van der Waals surface area contributed by atoms with E-state index in [-0.39, 0.29) is 23.3 Å². The number of anilines is 1. The number of hydrogen-bond donors (Lipinski definition) is 2. The highest BCUT2D eigenvalue weighted by atomic mass is 32.1. The second-order valence-electron chi connectivity index (χ2n) is 10.4. The lowest BCUT2D eigenvalue weighted by atomic mass is 9.72. The van der Waals surface area contributed by atoms with Gasteiger partial charge in [-0.2, -0.15) is 0 Å². The van der Waals surface area contributed by atoms with Crippen molar-refractivity contribution in [2.24, 2.45) is 11.3 Å². The molecule has 2 aromatic carbocycles. The summed E-state index contributed by atoms with van der Waals surface area (Å²) in [7, 11) is 0. The van der Waals surface area contributed by atoms with Crippen molar-refractivity contribution in [2.45, 2.75) is 59.9 Å². The van der Waals surface area contributed by atoms with Crippen LogP contribution in [0.5, 0.6) is 0 Å². The van der Waals surface area contributed by atoms with E-state index in [4.69, 9.17) is 0 Å². The zero-order valence-corrected chi connectivity index (χ0v) is 21.5. The molecule has 1 heterocycles. The van der Waals surface area contributed by atoms with Crippen LogP contribution >= 0.6 is 11.3 Å². The van der Waals surface area contributed by atoms with E-state index in [2.05, 4.69) is 31.4 Å². The number of amides is 2. The van der Waals surface area contributed by atoms with Gasteiger partial charge in [-0.1, -0.05) is 68.8 Å². The van der Waals surface area contributed by atoms with E-state index in [1.807, 2.05) is 68.4 Å². The predicted octanol–water partition coefficient (Wildman–Crippen LogP) is 6.95. The summed E-state index contributed by atoms with van der Waals surface area (Å²) in [6, 6.07) is 17.4. The van der Waals surface area contributed by atoms with E-state index in [1.165, 1.54) is 4.88 Å². The van der Waals surface area contributed by atoms with E-state index in [0.717, 1.165) is 36.0 Å². The molecule has 0 aliphatic heterocycles. The van der Waals surface area contributed by atoms with Crippen molar-refractivity contribution in [1.29, 1.82) is 0 Å². The van der Waals surface area contributed by atoms with Crippen LogP contribution in [0.2, 0.25) is 0 Å². The summed E-state index contributed by atoms with van der Waals surface area (Å²) in [4.78, 5) is 27.9. The number of carbonyl (C=O) groups is 2. The maximum atomic E-state index is 13.6. The highest BCUT2D eigenvalue weighted by Gasteiger charge is 2.34. The van der Waals surface area contributed by atoms with Gasteiger partial charge >= 0.3 is 0 Å². The molecule has 3 aromatic rings. The third kappa shape index (κ3) is 5.25. The van der Waals surface area contributed by atoms with Crippen LogP contribution in [0.15, 0.2) is 54.6 Å². The normalized spacial score (nSPS) is 16.4. The van der Waals surface area contributed by atoms with Crippen LogP contribution in [-0.2, 0) is 12.8 Å². The first kappa shape index (κ1) is 24.2. The first-order chi connectivity index (χ1) is 16.1. The second kappa shape index (κ2) is 9.75. The quantitative estimate of drug-likeness (QED) is 0.420. The highest BCUT2D eigenvalue weighted by Crippen LogP contribution is 2.44. The van der Waals surface area contributed by atoms with Gasteiger partial charge in [0, 0.05) is 10.4 Å². The molecular formula is C29H34N2O2S. The Labute approximate surface area is 206 Å². The number of nitrogens with one attached hydrogen (secondary N) is 2. The average Bonchev–Trinajstić information content (AvgIpc) is 3.16. The van der Waals surface area contributed by atoms with Crippen LogP contribution in [0.4, 0.5) is 5.00 Å². The van der Waals surface area contributed by atoms with E-state index >= 15 is 0 Å². The highest BCUT2D eigenvalue weighted by molar-refractivity contribution is 7.17. The fourth-order valence-electron chi connectivity index (χ4n) is 4.71. The van der Waals surface area contributed by atoms with Crippen molar-refractivity contribution in [3.8, 4) is 0 Å². The molecule has 1 aliphatic rings. The first-order valence-corrected chi connectivity index (χ1v) is 12.8. The third-order valence-electron chi connectivity index (χ3n) is 6.87.